The third-order valence-corrected chi connectivity index (χ3v) is 7.53. The first-order valence-corrected chi connectivity index (χ1v) is 12.1. The Morgan fingerprint density at radius 3 is 2.70 bits per heavy atom. The van der Waals surface area contributed by atoms with E-state index in [0.29, 0.717) is 36.8 Å². The molecule has 2 aromatic rings. The summed E-state index contributed by atoms with van der Waals surface area (Å²) in [7, 11) is -3.79. The molecule has 1 aliphatic heterocycles. The largest absolute Gasteiger partial charge is 0.466 e. The molecule has 1 N–H and O–H groups in total. The van der Waals surface area contributed by atoms with Crippen molar-refractivity contribution in [1.82, 2.24) is 9.29 Å². The summed E-state index contributed by atoms with van der Waals surface area (Å²) in [5.74, 6) is -0.800. The SMILES string of the molecule is CCOC(=O)Cc1csc(NC(=O)C2CCCCN2S(=O)(=O)c2ccc(C)cc2)n1. The van der Waals surface area contributed by atoms with E-state index in [0.717, 1.165) is 12.0 Å². The van der Waals surface area contributed by atoms with E-state index >= 15 is 0 Å². The minimum Gasteiger partial charge on any atom is -0.466 e. The second-order valence-electron chi connectivity index (χ2n) is 7.06. The Bertz CT molecular complexity index is 1000. The number of aryl methyl sites for hydroxylation is 1. The van der Waals surface area contributed by atoms with Crippen LogP contribution in [0, 0.1) is 6.92 Å². The highest BCUT2D eigenvalue weighted by Gasteiger charge is 2.37. The van der Waals surface area contributed by atoms with Crippen LogP contribution in [0.25, 0.3) is 0 Å². The van der Waals surface area contributed by atoms with Gasteiger partial charge in [-0.1, -0.05) is 24.1 Å². The number of rotatable bonds is 7. The van der Waals surface area contributed by atoms with E-state index < -0.39 is 22.0 Å². The number of aromatic nitrogens is 1. The third-order valence-electron chi connectivity index (χ3n) is 4.80. The summed E-state index contributed by atoms with van der Waals surface area (Å²) < 4.78 is 32.4. The van der Waals surface area contributed by atoms with Crippen molar-refractivity contribution in [1.29, 1.82) is 0 Å². The highest BCUT2D eigenvalue weighted by atomic mass is 32.2. The van der Waals surface area contributed by atoms with Gasteiger partial charge in [0.1, 0.15) is 6.04 Å². The van der Waals surface area contributed by atoms with Crippen molar-refractivity contribution in [2.45, 2.75) is 50.5 Å². The van der Waals surface area contributed by atoms with E-state index in [9.17, 15) is 18.0 Å². The Labute approximate surface area is 180 Å². The van der Waals surface area contributed by atoms with Crippen LogP contribution in [0.2, 0.25) is 0 Å². The molecule has 1 fully saturated rings. The van der Waals surface area contributed by atoms with Gasteiger partial charge in [-0.05, 0) is 38.8 Å². The van der Waals surface area contributed by atoms with Gasteiger partial charge >= 0.3 is 5.97 Å². The molecule has 8 nitrogen and oxygen atoms in total. The fourth-order valence-electron chi connectivity index (χ4n) is 3.29. The van der Waals surface area contributed by atoms with Crippen molar-refractivity contribution in [3.05, 3.63) is 40.9 Å². The lowest BCUT2D eigenvalue weighted by Crippen LogP contribution is -2.49. The molecular formula is C20H25N3O5S2. The van der Waals surface area contributed by atoms with Crippen molar-refractivity contribution in [2.24, 2.45) is 0 Å². The summed E-state index contributed by atoms with van der Waals surface area (Å²) in [6.07, 6.45) is 1.94. The third kappa shape index (κ3) is 5.24. The van der Waals surface area contributed by atoms with Crippen LogP contribution in [-0.2, 0) is 30.8 Å². The zero-order valence-electron chi connectivity index (χ0n) is 17.0. The summed E-state index contributed by atoms with van der Waals surface area (Å²) in [4.78, 5) is 28.9. The van der Waals surface area contributed by atoms with E-state index in [1.54, 1.807) is 36.6 Å². The summed E-state index contributed by atoms with van der Waals surface area (Å²) in [6.45, 7) is 4.20. The van der Waals surface area contributed by atoms with E-state index in [1.165, 1.54) is 15.6 Å². The lowest BCUT2D eigenvalue weighted by molar-refractivity contribution is -0.142. The Kier molecular flexibility index (Phi) is 7.22. The van der Waals surface area contributed by atoms with Crippen molar-refractivity contribution < 1.29 is 22.7 Å². The van der Waals surface area contributed by atoms with E-state index in [1.807, 2.05) is 6.92 Å². The molecule has 0 radical (unpaired) electrons. The van der Waals surface area contributed by atoms with Gasteiger partial charge in [0.15, 0.2) is 5.13 Å². The predicted octanol–water partition coefficient (Wildman–Crippen LogP) is 2.74. The van der Waals surface area contributed by atoms with Crippen molar-refractivity contribution in [3.63, 3.8) is 0 Å². The highest BCUT2D eigenvalue weighted by Crippen LogP contribution is 2.27. The number of piperidine rings is 1. The number of anilines is 1. The van der Waals surface area contributed by atoms with Gasteiger partial charge < -0.3 is 10.1 Å². The number of benzene rings is 1. The molecule has 10 heteroatoms. The van der Waals surface area contributed by atoms with Crippen molar-refractivity contribution >= 4 is 38.4 Å². The first-order chi connectivity index (χ1) is 14.3. The molecule has 30 heavy (non-hydrogen) atoms. The molecule has 0 aliphatic carbocycles. The van der Waals surface area contributed by atoms with Crippen LogP contribution in [0.4, 0.5) is 5.13 Å². The molecule has 1 aliphatic rings. The molecule has 3 rings (SSSR count). The Morgan fingerprint density at radius 2 is 2.00 bits per heavy atom. The number of nitrogens with zero attached hydrogens (tertiary/aromatic N) is 2. The number of sulfonamides is 1. The topological polar surface area (TPSA) is 106 Å². The van der Waals surface area contributed by atoms with Gasteiger partial charge in [-0.25, -0.2) is 13.4 Å². The quantitative estimate of drug-likeness (QED) is 0.649. The van der Waals surface area contributed by atoms with Crippen LogP contribution < -0.4 is 5.32 Å². The predicted molar refractivity (Wildman–Crippen MR) is 114 cm³/mol. The molecule has 1 atom stereocenters. The number of carbonyl (C=O) groups is 2. The van der Waals surface area contributed by atoms with Crippen molar-refractivity contribution in [2.75, 3.05) is 18.5 Å². The average molecular weight is 452 g/mol. The maximum Gasteiger partial charge on any atom is 0.311 e. The maximum absolute atomic E-state index is 13.1. The maximum atomic E-state index is 13.1. The molecule has 162 valence electrons. The van der Waals surface area contributed by atoms with Gasteiger partial charge in [-0.3, -0.25) is 9.59 Å². The molecule has 0 bridgehead atoms. The molecule has 1 aromatic carbocycles. The molecular weight excluding hydrogens is 426 g/mol. The molecule has 0 saturated carbocycles. The second kappa shape index (κ2) is 9.67. The lowest BCUT2D eigenvalue weighted by Gasteiger charge is -2.33. The molecule has 1 aromatic heterocycles. The normalized spacial score (nSPS) is 17.5. The number of esters is 1. The molecule has 0 spiro atoms. The number of thiazole rings is 1. The fourth-order valence-corrected chi connectivity index (χ4v) is 5.66. The number of amides is 1. The molecule has 1 amide bonds. The van der Waals surface area contributed by atoms with Crippen LogP contribution in [0.1, 0.15) is 37.4 Å². The van der Waals surface area contributed by atoms with E-state index in [-0.39, 0.29) is 17.3 Å². The van der Waals surface area contributed by atoms with Gasteiger partial charge in [0.05, 0.1) is 23.6 Å². The summed E-state index contributed by atoms with van der Waals surface area (Å²) in [5.41, 5.74) is 1.46. The zero-order chi connectivity index (χ0) is 21.7. The average Bonchev–Trinajstić information content (AvgIpc) is 3.15. The highest BCUT2D eigenvalue weighted by molar-refractivity contribution is 7.89. The summed E-state index contributed by atoms with van der Waals surface area (Å²) >= 11 is 1.19. The van der Waals surface area contributed by atoms with Crippen LogP contribution >= 0.6 is 11.3 Å². The zero-order valence-corrected chi connectivity index (χ0v) is 18.6. The van der Waals surface area contributed by atoms with Crippen LogP contribution in [-0.4, -0.2) is 48.8 Å². The van der Waals surface area contributed by atoms with Crippen molar-refractivity contribution in [3.8, 4) is 0 Å². The first kappa shape index (κ1) is 22.4. The second-order valence-corrected chi connectivity index (χ2v) is 9.80. The minimum atomic E-state index is -3.79. The van der Waals surface area contributed by atoms with Gasteiger partial charge in [0.25, 0.3) is 0 Å². The van der Waals surface area contributed by atoms with E-state index in [2.05, 4.69) is 10.3 Å². The standard InChI is InChI=1S/C20H25N3O5S2/c1-3-28-18(24)12-15-13-29-20(21-15)22-19(25)17-6-4-5-11-23(17)30(26,27)16-9-7-14(2)8-10-16/h7-10,13,17H,3-6,11-12H2,1-2H3,(H,21,22,25). The summed E-state index contributed by atoms with van der Waals surface area (Å²) in [6, 6.07) is 5.81. The Hall–Kier alpha value is -2.30. The number of carbonyl (C=O) groups excluding carboxylic acids is 2. The molecule has 1 saturated heterocycles. The van der Waals surface area contributed by atoms with Gasteiger partial charge in [0, 0.05) is 11.9 Å². The number of hydrogen-bond acceptors (Lipinski definition) is 7. The van der Waals surface area contributed by atoms with Crippen LogP contribution in [0.5, 0.6) is 0 Å². The van der Waals surface area contributed by atoms with Gasteiger partial charge in [-0.15, -0.1) is 11.3 Å². The van der Waals surface area contributed by atoms with Crippen LogP contribution in [0.15, 0.2) is 34.5 Å². The Balaban J connectivity index is 1.73. The monoisotopic (exact) mass is 451 g/mol. The first-order valence-electron chi connectivity index (χ1n) is 9.80. The number of ether oxygens (including phenoxy) is 1. The molecule has 1 unspecified atom stereocenters. The van der Waals surface area contributed by atoms with E-state index in [4.69, 9.17) is 4.74 Å². The van der Waals surface area contributed by atoms with Crippen LogP contribution in [0.3, 0.4) is 0 Å². The minimum absolute atomic E-state index is 0.0254. The molecule has 2 heterocycles. The number of nitrogens with one attached hydrogen (secondary N) is 1. The van der Waals surface area contributed by atoms with Gasteiger partial charge in [-0.2, -0.15) is 4.31 Å². The Morgan fingerprint density at radius 1 is 1.27 bits per heavy atom. The lowest BCUT2D eigenvalue weighted by atomic mass is 10.0. The van der Waals surface area contributed by atoms with Gasteiger partial charge in [0.2, 0.25) is 15.9 Å². The fraction of sp³-hybridized carbons (Fsp3) is 0.450. The number of hydrogen-bond donors (Lipinski definition) is 1. The summed E-state index contributed by atoms with van der Waals surface area (Å²) in [5, 5.41) is 4.72. The smallest absolute Gasteiger partial charge is 0.311 e.